The van der Waals surface area contributed by atoms with Gasteiger partial charge in [-0.05, 0) is 35.7 Å². The molecule has 0 unspecified atom stereocenters. The van der Waals surface area contributed by atoms with Crippen LogP contribution in [0.15, 0.2) is 23.0 Å². The predicted octanol–water partition coefficient (Wildman–Crippen LogP) is 2.54. The highest BCUT2D eigenvalue weighted by molar-refractivity contribution is 7.07. The number of hydrogen-bond acceptors (Lipinski definition) is 5. The molecule has 2 aromatic heterocycles. The highest BCUT2D eigenvalue weighted by Crippen LogP contribution is 2.13. The summed E-state index contributed by atoms with van der Waals surface area (Å²) in [6, 6.07) is 2.15. The molecule has 0 aliphatic carbocycles. The molecule has 0 fully saturated rings. The van der Waals surface area contributed by atoms with E-state index in [1.165, 1.54) is 5.56 Å². The van der Waals surface area contributed by atoms with E-state index in [1.54, 1.807) is 11.3 Å². The molecule has 90 valence electrons. The molecule has 0 atom stereocenters. The number of thiophene rings is 1. The van der Waals surface area contributed by atoms with Crippen LogP contribution in [0.3, 0.4) is 0 Å². The Bertz CT molecular complexity index is 467. The number of nitrogens with zero attached hydrogens (tertiary/aromatic N) is 2. The summed E-state index contributed by atoms with van der Waals surface area (Å²) in [6.07, 6.45) is 2.84. The first-order valence-corrected chi connectivity index (χ1v) is 6.50. The number of aryl methyl sites for hydroxylation is 1. The molecular formula is C12H16N4S. The summed E-state index contributed by atoms with van der Waals surface area (Å²) < 4.78 is 0. The lowest BCUT2D eigenvalue weighted by Crippen LogP contribution is -2.09. The van der Waals surface area contributed by atoms with Crippen LogP contribution in [-0.2, 0) is 6.42 Å². The second-order valence-electron chi connectivity index (χ2n) is 3.78. The third-order valence-electron chi connectivity index (χ3n) is 2.48. The third-order valence-corrected chi connectivity index (χ3v) is 3.21. The van der Waals surface area contributed by atoms with E-state index in [0.717, 1.165) is 24.3 Å². The summed E-state index contributed by atoms with van der Waals surface area (Å²) in [4.78, 5) is 8.53. The van der Waals surface area contributed by atoms with Gasteiger partial charge in [-0.1, -0.05) is 0 Å². The zero-order chi connectivity index (χ0) is 12.1. The molecule has 2 rings (SSSR count). The number of aromatic nitrogens is 2. The molecule has 0 spiro atoms. The average Bonchev–Trinajstić information content (AvgIpc) is 2.84. The topological polar surface area (TPSA) is 49.8 Å². The molecule has 0 aliphatic rings. The van der Waals surface area contributed by atoms with Crippen LogP contribution in [0.5, 0.6) is 0 Å². The number of rotatable bonds is 5. The van der Waals surface area contributed by atoms with Gasteiger partial charge in [-0.3, -0.25) is 0 Å². The van der Waals surface area contributed by atoms with Gasteiger partial charge in [0, 0.05) is 25.4 Å². The van der Waals surface area contributed by atoms with Gasteiger partial charge in [-0.15, -0.1) is 0 Å². The van der Waals surface area contributed by atoms with Gasteiger partial charge in [-0.2, -0.15) is 16.3 Å². The summed E-state index contributed by atoms with van der Waals surface area (Å²) in [5.74, 6) is 1.55. The van der Waals surface area contributed by atoms with Gasteiger partial charge in [0.15, 0.2) is 0 Å². The number of anilines is 2. The Hall–Kier alpha value is -1.62. The summed E-state index contributed by atoms with van der Waals surface area (Å²) in [7, 11) is 1.82. The first-order chi connectivity index (χ1) is 8.29. The van der Waals surface area contributed by atoms with E-state index in [0.29, 0.717) is 5.95 Å². The standard InChI is InChI=1S/C12H16N4S/c1-9-7-15-12(13-2)16-11(9)14-5-3-10-4-6-17-8-10/h4,6-8H,3,5H2,1-2H3,(H2,13,14,15,16). The summed E-state index contributed by atoms with van der Waals surface area (Å²) >= 11 is 1.73. The largest absolute Gasteiger partial charge is 0.369 e. The van der Waals surface area contributed by atoms with Gasteiger partial charge >= 0.3 is 0 Å². The molecule has 0 amide bonds. The molecule has 0 aromatic carbocycles. The second kappa shape index (κ2) is 5.63. The van der Waals surface area contributed by atoms with Crippen molar-refractivity contribution in [2.24, 2.45) is 0 Å². The molecule has 17 heavy (non-hydrogen) atoms. The minimum Gasteiger partial charge on any atom is -0.369 e. The Labute approximate surface area is 105 Å². The van der Waals surface area contributed by atoms with Gasteiger partial charge in [0.25, 0.3) is 0 Å². The van der Waals surface area contributed by atoms with Crippen molar-refractivity contribution >= 4 is 23.1 Å². The Balaban J connectivity index is 1.94. The van der Waals surface area contributed by atoms with Gasteiger partial charge in [0.05, 0.1) is 0 Å². The normalized spacial score (nSPS) is 10.2. The molecule has 2 aromatic rings. The van der Waals surface area contributed by atoms with Crippen LogP contribution < -0.4 is 10.6 Å². The van der Waals surface area contributed by atoms with Gasteiger partial charge in [0.2, 0.25) is 5.95 Å². The van der Waals surface area contributed by atoms with Crippen molar-refractivity contribution in [3.05, 3.63) is 34.2 Å². The lowest BCUT2D eigenvalue weighted by Gasteiger charge is -2.09. The minimum atomic E-state index is 0.647. The second-order valence-corrected chi connectivity index (χ2v) is 4.56. The van der Waals surface area contributed by atoms with Crippen molar-refractivity contribution in [1.82, 2.24) is 9.97 Å². The Morgan fingerprint density at radius 2 is 2.29 bits per heavy atom. The van der Waals surface area contributed by atoms with Crippen LogP contribution >= 0.6 is 11.3 Å². The zero-order valence-corrected chi connectivity index (χ0v) is 10.8. The van der Waals surface area contributed by atoms with Crippen molar-refractivity contribution in [1.29, 1.82) is 0 Å². The van der Waals surface area contributed by atoms with E-state index in [4.69, 9.17) is 0 Å². The van der Waals surface area contributed by atoms with Crippen molar-refractivity contribution < 1.29 is 0 Å². The molecule has 0 saturated carbocycles. The van der Waals surface area contributed by atoms with Crippen molar-refractivity contribution in [2.45, 2.75) is 13.3 Å². The van der Waals surface area contributed by atoms with Crippen LogP contribution in [0.25, 0.3) is 0 Å². The van der Waals surface area contributed by atoms with Gasteiger partial charge in [-0.25, -0.2) is 4.98 Å². The first-order valence-electron chi connectivity index (χ1n) is 5.56. The SMILES string of the molecule is CNc1ncc(C)c(NCCc2ccsc2)n1. The molecule has 2 N–H and O–H groups in total. The van der Waals surface area contributed by atoms with E-state index in [-0.39, 0.29) is 0 Å². The lowest BCUT2D eigenvalue weighted by molar-refractivity contribution is 0.997. The summed E-state index contributed by atoms with van der Waals surface area (Å²) in [5, 5.41) is 10.6. The average molecular weight is 248 g/mol. The molecule has 0 aliphatic heterocycles. The molecule has 0 radical (unpaired) electrons. The quantitative estimate of drug-likeness (QED) is 0.853. The monoisotopic (exact) mass is 248 g/mol. The van der Waals surface area contributed by atoms with Crippen molar-refractivity contribution in [2.75, 3.05) is 24.2 Å². The lowest BCUT2D eigenvalue weighted by atomic mass is 10.2. The summed E-state index contributed by atoms with van der Waals surface area (Å²) in [5.41, 5.74) is 2.43. The molecule has 4 nitrogen and oxygen atoms in total. The van der Waals surface area contributed by atoms with E-state index in [1.807, 2.05) is 20.2 Å². The maximum atomic E-state index is 4.38. The Morgan fingerprint density at radius 1 is 1.41 bits per heavy atom. The molecule has 5 heteroatoms. The zero-order valence-electron chi connectivity index (χ0n) is 10.0. The van der Waals surface area contributed by atoms with Crippen LogP contribution in [0.2, 0.25) is 0 Å². The molecule has 0 bridgehead atoms. The Kier molecular flexibility index (Phi) is 3.93. The maximum absolute atomic E-state index is 4.38. The van der Waals surface area contributed by atoms with Crippen LogP contribution in [-0.4, -0.2) is 23.6 Å². The number of hydrogen-bond donors (Lipinski definition) is 2. The van der Waals surface area contributed by atoms with Gasteiger partial charge in [0.1, 0.15) is 5.82 Å². The van der Waals surface area contributed by atoms with Gasteiger partial charge < -0.3 is 10.6 Å². The minimum absolute atomic E-state index is 0.647. The van der Waals surface area contributed by atoms with E-state index < -0.39 is 0 Å². The maximum Gasteiger partial charge on any atom is 0.224 e. The third kappa shape index (κ3) is 3.17. The van der Waals surface area contributed by atoms with E-state index >= 15 is 0 Å². The molecule has 2 heterocycles. The smallest absolute Gasteiger partial charge is 0.224 e. The predicted molar refractivity (Wildman–Crippen MR) is 72.8 cm³/mol. The highest BCUT2D eigenvalue weighted by atomic mass is 32.1. The van der Waals surface area contributed by atoms with Crippen molar-refractivity contribution in [3.63, 3.8) is 0 Å². The first kappa shape index (κ1) is 11.9. The molecular weight excluding hydrogens is 232 g/mol. The fourth-order valence-corrected chi connectivity index (χ4v) is 2.20. The highest BCUT2D eigenvalue weighted by Gasteiger charge is 2.02. The molecule has 0 saturated heterocycles. The number of nitrogens with one attached hydrogen (secondary N) is 2. The van der Waals surface area contributed by atoms with Crippen LogP contribution in [0, 0.1) is 6.92 Å². The Morgan fingerprint density at radius 3 is 3.00 bits per heavy atom. The van der Waals surface area contributed by atoms with E-state index in [2.05, 4.69) is 37.4 Å². The van der Waals surface area contributed by atoms with E-state index in [9.17, 15) is 0 Å². The fraction of sp³-hybridized carbons (Fsp3) is 0.333. The van der Waals surface area contributed by atoms with Crippen LogP contribution in [0.4, 0.5) is 11.8 Å². The fourth-order valence-electron chi connectivity index (χ4n) is 1.50. The van der Waals surface area contributed by atoms with Crippen LogP contribution in [0.1, 0.15) is 11.1 Å². The summed E-state index contributed by atoms with van der Waals surface area (Å²) in [6.45, 7) is 2.89. The van der Waals surface area contributed by atoms with Crippen molar-refractivity contribution in [3.8, 4) is 0 Å².